The van der Waals surface area contributed by atoms with Gasteiger partial charge in [-0.15, -0.1) is 0 Å². The molecule has 1 aliphatic heterocycles. The molecule has 1 aliphatic carbocycles. The van der Waals surface area contributed by atoms with E-state index in [0.717, 1.165) is 19.1 Å². The van der Waals surface area contributed by atoms with Crippen molar-refractivity contribution in [3.8, 4) is 16.9 Å². The number of nitrogens with two attached hydrogens (primary N) is 1. The zero-order valence-electron chi connectivity index (χ0n) is 17.9. The van der Waals surface area contributed by atoms with Crippen molar-refractivity contribution in [1.82, 2.24) is 4.98 Å². The van der Waals surface area contributed by atoms with Crippen LogP contribution in [0.2, 0.25) is 0 Å². The van der Waals surface area contributed by atoms with E-state index in [0.29, 0.717) is 30.0 Å². The van der Waals surface area contributed by atoms with E-state index in [1.807, 2.05) is 0 Å². The summed E-state index contributed by atoms with van der Waals surface area (Å²) in [5.74, 6) is -0.933. The first-order chi connectivity index (χ1) is 15.6. The number of ether oxygens (including phenoxy) is 1. The van der Waals surface area contributed by atoms with Gasteiger partial charge in [0.1, 0.15) is 30.6 Å². The summed E-state index contributed by atoms with van der Waals surface area (Å²) in [6.45, 7) is -0.0498. The number of nitrogens with zero attached hydrogens (tertiary/aromatic N) is 1. The lowest BCUT2D eigenvalue weighted by Crippen LogP contribution is -2.29. The van der Waals surface area contributed by atoms with Gasteiger partial charge in [0.2, 0.25) is 15.9 Å². The summed E-state index contributed by atoms with van der Waals surface area (Å²) >= 11 is 0. The van der Waals surface area contributed by atoms with E-state index in [1.165, 1.54) is 36.6 Å². The molecule has 3 aromatic rings. The lowest BCUT2D eigenvalue weighted by atomic mass is 9.77. The topological polar surface area (TPSA) is 95.4 Å². The van der Waals surface area contributed by atoms with Crippen molar-refractivity contribution in [1.29, 1.82) is 0 Å². The van der Waals surface area contributed by atoms with Crippen molar-refractivity contribution in [3.63, 3.8) is 0 Å². The van der Waals surface area contributed by atoms with Crippen molar-refractivity contribution in [2.45, 2.75) is 43.9 Å². The number of halogens is 3. The fraction of sp³-hybridized carbons (Fsp3) is 0.348. The quantitative estimate of drug-likeness (QED) is 0.476. The third kappa shape index (κ3) is 4.77. The average Bonchev–Trinajstić information content (AvgIpc) is 3.41. The van der Waals surface area contributed by atoms with E-state index in [-0.39, 0.29) is 24.9 Å². The summed E-state index contributed by atoms with van der Waals surface area (Å²) in [7, 11) is -3.17. The predicted octanol–water partition coefficient (Wildman–Crippen LogP) is 5.19. The van der Waals surface area contributed by atoms with Gasteiger partial charge in [-0.25, -0.2) is 31.7 Å². The second-order valence-electron chi connectivity index (χ2n) is 8.34. The Labute approximate surface area is 191 Å². The number of hydrogen-bond donors (Lipinski definition) is 1. The van der Waals surface area contributed by atoms with Gasteiger partial charge in [0.05, 0.1) is 11.7 Å². The van der Waals surface area contributed by atoms with Crippen LogP contribution in [0.4, 0.5) is 13.2 Å². The number of hydrogen-bond acceptors (Lipinski definition) is 5. The van der Waals surface area contributed by atoms with Gasteiger partial charge in [0.25, 0.3) is 0 Å². The lowest BCUT2D eigenvalue weighted by molar-refractivity contribution is 0.156. The van der Waals surface area contributed by atoms with E-state index in [9.17, 15) is 17.2 Å². The molecule has 2 aromatic carbocycles. The van der Waals surface area contributed by atoms with E-state index in [2.05, 4.69) is 10.1 Å². The van der Waals surface area contributed by atoms with Crippen LogP contribution in [-0.4, -0.2) is 19.7 Å². The van der Waals surface area contributed by atoms with Gasteiger partial charge in [-0.1, -0.05) is 31.0 Å². The Balaban J connectivity index is 0.000000492. The van der Waals surface area contributed by atoms with Gasteiger partial charge >= 0.3 is 0 Å². The number of rotatable bonds is 0. The highest BCUT2D eigenvalue weighted by atomic mass is 32.2. The van der Waals surface area contributed by atoms with E-state index < -0.39 is 33.2 Å². The van der Waals surface area contributed by atoms with E-state index >= 15 is 4.39 Å². The maximum Gasteiger partial charge on any atom is 0.206 e. The summed E-state index contributed by atoms with van der Waals surface area (Å²) < 4.78 is 75.1. The first-order valence-corrected chi connectivity index (χ1v) is 12.3. The summed E-state index contributed by atoms with van der Waals surface area (Å²) in [6.07, 6.45) is 3.91. The zero-order valence-corrected chi connectivity index (χ0v) is 18.7. The van der Waals surface area contributed by atoms with Crippen LogP contribution in [0.15, 0.2) is 47.1 Å². The van der Waals surface area contributed by atoms with Gasteiger partial charge in [-0.3, -0.25) is 0 Å². The lowest BCUT2D eigenvalue weighted by Gasteiger charge is -2.30. The van der Waals surface area contributed by atoms with Crippen LogP contribution in [0.5, 0.6) is 5.75 Å². The van der Waals surface area contributed by atoms with Crippen LogP contribution < -0.4 is 9.88 Å². The fourth-order valence-corrected chi connectivity index (χ4v) is 4.42. The first-order valence-electron chi connectivity index (χ1n) is 10.4. The molecule has 2 heterocycles. The maximum atomic E-state index is 15.9. The molecule has 2 N–H and O–H groups in total. The Morgan fingerprint density at radius 3 is 2.52 bits per heavy atom. The predicted molar refractivity (Wildman–Crippen MR) is 118 cm³/mol. The Morgan fingerprint density at radius 2 is 1.82 bits per heavy atom. The van der Waals surface area contributed by atoms with Gasteiger partial charge in [0.15, 0.2) is 11.6 Å². The Hall–Kier alpha value is -2.85. The summed E-state index contributed by atoms with van der Waals surface area (Å²) in [5, 5.41) is 4.33. The molecule has 0 amide bonds. The third-order valence-corrected chi connectivity index (χ3v) is 5.86. The number of primary sulfonamides is 1. The van der Waals surface area contributed by atoms with Crippen molar-refractivity contribution in [2.24, 2.45) is 5.14 Å². The van der Waals surface area contributed by atoms with Gasteiger partial charge in [0, 0.05) is 12.6 Å². The molecule has 2 aliphatic rings. The number of para-hydroxylation sites is 1. The molecule has 6 nitrogen and oxygen atoms in total. The number of fused-ring (bicyclic) bond motifs is 7. The van der Waals surface area contributed by atoms with Crippen molar-refractivity contribution >= 4 is 10.0 Å². The van der Waals surface area contributed by atoms with E-state index in [4.69, 9.17) is 9.15 Å². The zero-order chi connectivity index (χ0) is 23.8. The van der Waals surface area contributed by atoms with Crippen LogP contribution in [0.3, 0.4) is 0 Å². The molecule has 10 heteroatoms. The molecule has 1 spiro atoms. The van der Waals surface area contributed by atoms with Crippen LogP contribution in [0.1, 0.15) is 50.4 Å². The molecule has 5 rings (SSSR count). The summed E-state index contributed by atoms with van der Waals surface area (Å²) in [5.41, 5.74) is 0.266. The van der Waals surface area contributed by atoms with Gasteiger partial charge < -0.3 is 9.15 Å². The number of benzene rings is 2. The second kappa shape index (κ2) is 8.83. The smallest absolute Gasteiger partial charge is 0.206 e. The summed E-state index contributed by atoms with van der Waals surface area (Å²) in [6, 6.07) is 8.41. The molecular formula is C23H25F3N2O4S. The molecule has 4 bridgehead atoms. The molecule has 178 valence electrons. The van der Waals surface area contributed by atoms with Crippen LogP contribution >= 0.6 is 0 Å². The Kier molecular flexibility index (Phi) is 6.24. The highest BCUT2D eigenvalue weighted by molar-refractivity contribution is 7.88. The third-order valence-electron chi connectivity index (χ3n) is 5.86. The minimum Gasteiger partial charge on any atom is -0.483 e. The molecule has 1 atom stereocenters. The molecule has 33 heavy (non-hydrogen) atoms. The molecule has 0 radical (unpaired) electrons. The molecule has 1 saturated carbocycles. The van der Waals surface area contributed by atoms with Crippen LogP contribution in [0, 0.1) is 11.6 Å². The maximum absolute atomic E-state index is 15.9. The molecule has 0 unspecified atom stereocenters. The minimum atomic E-state index is -3.17. The van der Waals surface area contributed by atoms with Crippen molar-refractivity contribution in [2.75, 3.05) is 6.26 Å². The standard InChI is InChI=1S/C22H18F3NO2.CH5NO2S.H2/c23-17-7-6-13-10-16(17)15-4-3-5-18(24)19(15)27-11-14-12-28-21(26-14)22(20(13)25)8-1-2-9-22;1-5(2,3)4;/h3-7,10,12,20H,1-2,8-9,11H2;1H3,(H2,2,3,4);1H/t20-;;/m0../s1. The number of sulfonamides is 1. The van der Waals surface area contributed by atoms with Crippen LogP contribution in [-0.2, 0) is 22.0 Å². The second-order valence-corrected chi connectivity index (χ2v) is 10.0. The van der Waals surface area contributed by atoms with Crippen molar-refractivity contribution in [3.05, 3.63) is 71.4 Å². The first kappa shape index (κ1) is 23.3. The highest BCUT2D eigenvalue weighted by Gasteiger charge is 2.48. The Morgan fingerprint density at radius 1 is 1.12 bits per heavy atom. The van der Waals surface area contributed by atoms with Crippen LogP contribution in [0.25, 0.3) is 11.1 Å². The SMILES string of the molecule is CS(N)(=O)=O.Fc1ccc2cc1-c1cccc(F)c1OCc1coc(n1)C1(CCCC1)[C@H]2F.[HH]. The highest BCUT2D eigenvalue weighted by Crippen LogP contribution is 2.52. The number of oxazole rings is 1. The number of aromatic nitrogens is 1. The number of alkyl halides is 1. The summed E-state index contributed by atoms with van der Waals surface area (Å²) in [4.78, 5) is 4.46. The molecular weight excluding hydrogens is 457 g/mol. The fourth-order valence-electron chi connectivity index (χ4n) is 4.42. The molecule has 1 aromatic heterocycles. The van der Waals surface area contributed by atoms with Gasteiger partial charge in [-0.05, 0) is 36.6 Å². The largest absolute Gasteiger partial charge is 0.483 e. The monoisotopic (exact) mass is 482 g/mol. The van der Waals surface area contributed by atoms with Crippen molar-refractivity contribution < 1.29 is 32.2 Å². The normalized spacial score (nSPS) is 18.9. The average molecular weight is 483 g/mol. The molecule has 0 saturated heterocycles. The van der Waals surface area contributed by atoms with E-state index in [1.54, 1.807) is 6.07 Å². The minimum absolute atomic E-state index is 0. The molecule has 1 fully saturated rings. The van der Waals surface area contributed by atoms with Gasteiger partial charge in [-0.2, -0.15) is 0 Å². The Bertz CT molecular complexity index is 1270.